The zero-order chi connectivity index (χ0) is 17.4. The molecule has 0 amide bonds. The van der Waals surface area contributed by atoms with E-state index in [-0.39, 0.29) is 11.2 Å². The van der Waals surface area contributed by atoms with Gasteiger partial charge in [-0.3, -0.25) is 4.79 Å². The summed E-state index contributed by atoms with van der Waals surface area (Å²) in [6.45, 7) is 0. The van der Waals surface area contributed by atoms with E-state index in [1.807, 2.05) is 0 Å². The van der Waals surface area contributed by atoms with Gasteiger partial charge in [0.05, 0.1) is 24.1 Å². The summed E-state index contributed by atoms with van der Waals surface area (Å²) >= 11 is 6.79. The van der Waals surface area contributed by atoms with Crippen LogP contribution >= 0.6 is 31.9 Å². The van der Waals surface area contributed by atoms with Gasteiger partial charge in [-0.15, -0.1) is 0 Å². The SMILES string of the molecule is COc1cc(-c2cc(=O)c3cc(Br)c(OC)c(Br)c3o2)ccc1O. The highest BCUT2D eigenvalue weighted by Gasteiger charge is 2.17. The van der Waals surface area contributed by atoms with E-state index < -0.39 is 0 Å². The van der Waals surface area contributed by atoms with Crippen LogP contribution in [-0.4, -0.2) is 19.3 Å². The van der Waals surface area contributed by atoms with Crippen molar-refractivity contribution in [1.29, 1.82) is 0 Å². The van der Waals surface area contributed by atoms with Gasteiger partial charge in [-0.2, -0.15) is 0 Å². The van der Waals surface area contributed by atoms with Crippen molar-refractivity contribution in [3.05, 3.63) is 49.5 Å². The molecule has 0 aliphatic heterocycles. The van der Waals surface area contributed by atoms with E-state index in [1.54, 1.807) is 18.2 Å². The van der Waals surface area contributed by atoms with Gasteiger partial charge < -0.3 is 19.0 Å². The van der Waals surface area contributed by atoms with Crippen molar-refractivity contribution >= 4 is 42.8 Å². The topological polar surface area (TPSA) is 68.9 Å². The van der Waals surface area contributed by atoms with Crippen molar-refractivity contribution < 1.29 is 19.0 Å². The summed E-state index contributed by atoms with van der Waals surface area (Å²) in [5.74, 6) is 1.20. The third-order valence-corrected chi connectivity index (χ3v) is 4.85. The Balaban J connectivity index is 2.30. The third-order valence-electron chi connectivity index (χ3n) is 3.54. The molecule has 1 N–H and O–H groups in total. The molecule has 0 radical (unpaired) electrons. The third kappa shape index (κ3) is 2.78. The minimum atomic E-state index is -0.192. The van der Waals surface area contributed by atoms with Gasteiger partial charge in [0.1, 0.15) is 10.2 Å². The van der Waals surface area contributed by atoms with Gasteiger partial charge in [0.25, 0.3) is 0 Å². The highest BCUT2D eigenvalue weighted by atomic mass is 79.9. The van der Waals surface area contributed by atoms with Gasteiger partial charge in [0.2, 0.25) is 0 Å². The second-order valence-electron chi connectivity index (χ2n) is 4.94. The summed E-state index contributed by atoms with van der Waals surface area (Å²) in [5.41, 5.74) is 0.796. The molecule has 124 valence electrons. The van der Waals surface area contributed by atoms with Crippen LogP contribution in [0.3, 0.4) is 0 Å². The zero-order valence-corrected chi connectivity index (χ0v) is 15.9. The minimum Gasteiger partial charge on any atom is -0.504 e. The Morgan fingerprint density at radius 2 is 1.83 bits per heavy atom. The molecule has 0 atom stereocenters. The van der Waals surface area contributed by atoms with Gasteiger partial charge in [-0.05, 0) is 56.1 Å². The zero-order valence-electron chi connectivity index (χ0n) is 12.7. The predicted octanol–water partition coefficient (Wildman–Crippen LogP) is 4.71. The van der Waals surface area contributed by atoms with E-state index >= 15 is 0 Å². The Kier molecular flexibility index (Phi) is 4.56. The number of benzene rings is 2. The van der Waals surface area contributed by atoms with E-state index in [1.165, 1.54) is 26.4 Å². The number of fused-ring (bicyclic) bond motifs is 1. The van der Waals surface area contributed by atoms with Crippen molar-refractivity contribution in [2.75, 3.05) is 14.2 Å². The predicted molar refractivity (Wildman–Crippen MR) is 98.1 cm³/mol. The Bertz CT molecular complexity index is 994. The number of phenols is 1. The summed E-state index contributed by atoms with van der Waals surface area (Å²) in [6.07, 6.45) is 0. The lowest BCUT2D eigenvalue weighted by atomic mass is 10.1. The molecule has 0 saturated heterocycles. The molecule has 3 rings (SSSR count). The number of hydrogen-bond donors (Lipinski definition) is 1. The molecule has 0 spiro atoms. The number of ether oxygens (including phenoxy) is 2. The summed E-state index contributed by atoms with van der Waals surface area (Å²) < 4.78 is 17.5. The lowest BCUT2D eigenvalue weighted by Crippen LogP contribution is -2.02. The van der Waals surface area contributed by atoms with Crippen LogP contribution in [0.4, 0.5) is 0 Å². The number of phenolic OH excluding ortho intramolecular Hbond substituents is 1. The quantitative estimate of drug-likeness (QED) is 0.619. The van der Waals surface area contributed by atoms with Crippen molar-refractivity contribution in [3.8, 4) is 28.6 Å². The Labute approximate surface area is 154 Å². The number of hydrogen-bond acceptors (Lipinski definition) is 5. The number of rotatable bonds is 3. The average Bonchev–Trinajstić information content (AvgIpc) is 2.56. The molecule has 2 aromatic carbocycles. The van der Waals surface area contributed by atoms with Crippen LogP contribution in [0.15, 0.2) is 48.5 Å². The normalized spacial score (nSPS) is 10.8. The van der Waals surface area contributed by atoms with Crippen LogP contribution < -0.4 is 14.9 Å². The van der Waals surface area contributed by atoms with E-state index in [9.17, 15) is 9.90 Å². The summed E-state index contributed by atoms with van der Waals surface area (Å²) in [6, 6.07) is 7.79. The molecule has 0 aliphatic rings. The fourth-order valence-corrected chi connectivity index (χ4v) is 3.89. The van der Waals surface area contributed by atoms with Crippen molar-refractivity contribution in [1.82, 2.24) is 0 Å². The first-order chi connectivity index (χ1) is 11.5. The highest BCUT2D eigenvalue weighted by molar-refractivity contribution is 9.11. The van der Waals surface area contributed by atoms with Crippen LogP contribution in [0.25, 0.3) is 22.3 Å². The molecule has 3 aromatic rings. The van der Waals surface area contributed by atoms with E-state index in [4.69, 9.17) is 13.9 Å². The second-order valence-corrected chi connectivity index (χ2v) is 6.59. The van der Waals surface area contributed by atoms with Crippen LogP contribution in [0.1, 0.15) is 0 Å². The van der Waals surface area contributed by atoms with Crippen LogP contribution in [0, 0.1) is 0 Å². The molecular weight excluding hydrogens is 444 g/mol. The molecule has 5 nitrogen and oxygen atoms in total. The molecule has 1 aromatic heterocycles. The molecule has 0 fully saturated rings. The molecule has 0 bridgehead atoms. The van der Waals surface area contributed by atoms with Gasteiger partial charge >= 0.3 is 0 Å². The maximum Gasteiger partial charge on any atom is 0.193 e. The molecule has 0 unspecified atom stereocenters. The highest BCUT2D eigenvalue weighted by Crippen LogP contribution is 2.40. The number of aromatic hydroxyl groups is 1. The molecule has 0 saturated carbocycles. The van der Waals surface area contributed by atoms with Crippen molar-refractivity contribution in [3.63, 3.8) is 0 Å². The number of methoxy groups -OCH3 is 2. The largest absolute Gasteiger partial charge is 0.504 e. The van der Waals surface area contributed by atoms with Gasteiger partial charge in [0, 0.05) is 11.6 Å². The van der Waals surface area contributed by atoms with Crippen LogP contribution in [0.2, 0.25) is 0 Å². The first-order valence-corrected chi connectivity index (χ1v) is 8.42. The number of halogens is 2. The van der Waals surface area contributed by atoms with E-state index in [0.717, 1.165) is 0 Å². The summed E-state index contributed by atoms with van der Waals surface area (Å²) in [5, 5.41) is 10.1. The van der Waals surface area contributed by atoms with Gasteiger partial charge in [0.15, 0.2) is 28.3 Å². The smallest absolute Gasteiger partial charge is 0.193 e. The minimum absolute atomic E-state index is 0.0103. The first kappa shape index (κ1) is 16.9. The monoisotopic (exact) mass is 454 g/mol. The van der Waals surface area contributed by atoms with E-state index in [0.29, 0.717) is 42.7 Å². The van der Waals surface area contributed by atoms with Crippen LogP contribution in [-0.2, 0) is 0 Å². The lowest BCUT2D eigenvalue weighted by Gasteiger charge is -2.10. The Morgan fingerprint density at radius 3 is 2.50 bits per heavy atom. The van der Waals surface area contributed by atoms with E-state index in [2.05, 4.69) is 31.9 Å². The van der Waals surface area contributed by atoms with Crippen LogP contribution in [0.5, 0.6) is 17.2 Å². The fourth-order valence-electron chi connectivity index (χ4n) is 2.36. The standard InChI is InChI=1S/C17H12Br2O5/c1-22-14-5-8(3-4-11(14)20)13-7-12(21)9-6-10(18)17(23-2)15(19)16(9)24-13/h3-7,20H,1-2H3. The summed E-state index contributed by atoms with van der Waals surface area (Å²) in [4.78, 5) is 12.5. The molecular formula is C17H12Br2O5. The summed E-state index contributed by atoms with van der Waals surface area (Å²) in [7, 11) is 2.98. The average molecular weight is 456 g/mol. The molecule has 1 heterocycles. The first-order valence-electron chi connectivity index (χ1n) is 6.83. The maximum absolute atomic E-state index is 12.5. The fraction of sp³-hybridized carbons (Fsp3) is 0.118. The molecule has 24 heavy (non-hydrogen) atoms. The van der Waals surface area contributed by atoms with Gasteiger partial charge in [-0.25, -0.2) is 0 Å². The van der Waals surface area contributed by atoms with Crippen molar-refractivity contribution in [2.45, 2.75) is 0 Å². The second kappa shape index (κ2) is 6.49. The van der Waals surface area contributed by atoms with Crippen molar-refractivity contribution in [2.24, 2.45) is 0 Å². The Morgan fingerprint density at radius 1 is 1.08 bits per heavy atom. The van der Waals surface area contributed by atoms with Gasteiger partial charge in [-0.1, -0.05) is 0 Å². The Hall–Kier alpha value is -1.99. The maximum atomic E-state index is 12.5. The molecule has 7 heteroatoms. The molecule has 0 aliphatic carbocycles. The lowest BCUT2D eigenvalue weighted by molar-refractivity contribution is 0.373.